The molecule has 2 aromatic carbocycles. The van der Waals surface area contributed by atoms with E-state index in [2.05, 4.69) is 27.2 Å². The zero-order valence-corrected chi connectivity index (χ0v) is 15.6. The fourth-order valence-corrected chi connectivity index (χ4v) is 4.07. The molecule has 0 spiro atoms. The summed E-state index contributed by atoms with van der Waals surface area (Å²) in [5, 5.41) is 14.7. The maximum absolute atomic E-state index is 13.3. The van der Waals surface area contributed by atoms with Crippen molar-refractivity contribution >= 4 is 16.9 Å². The number of halogens is 3. The summed E-state index contributed by atoms with van der Waals surface area (Å²) in [7, 11) is 0. The summed E-state index contributed by atoms with van der Waals surface area (Å²) in [6.07, 6.45) is -1.91. The largest absolute Gasteiger partial charge is 0.507 e. The van der Waals surface area contributed by atoms with Gasteiger partial charge in [-0.2, -0.15) is 18.3 Å². The van der Waals surface area contributed by atoms with Gasteiger partial charge in [0.25, 0.3) is 0 Å². The first kappa shape index (κ1) is 18.4. The molecule has 0 fully saturated rings. The Balaban J connectivity index is 1.68. The summed E-state index contributed by atoms with van der Waals surface area (Å²) in [5.74, 6) is -0.705. The van der Waals surface area contributed by atoms with Crippen molar-refractivity contribution in [2.24, 2.45) is 0 Å². The Hall–Kier alpha value is -3.62. The number of anilines is 1. The predicted octanol–water partition coefficient (Wildman–Crippen LogP) is 4.14. The van der Waals surface area contributed by atoms with E-state index in [1.54, 1.807) is 4.68 Å². The summed E-state index contributed by atoms with van der Waals surface area (Å²) in [5.41, 5.74) is 8.25. The van der Waals surface area contributed by atoms with Crippen LogP contribution < -0.4 is 5.73 Å². The highest BCUT2D eigenvalue weighted by molar-refractivity contribution is 5.98. The van der Waals surface area contributed by atoms with Crippen molar-refractivity contribution in [3.8, 4) is 17.0 Å². The van der Waals surface area contributed by atoms with Gasteiger partial charge in [0.2, 0.25) is 0 Å². The molecule has 1 aliphatic carbocycles. The smallest absolute Gasteiger partial charge is 0.419 e. The number of aromatic hydroxyl groups is 1. The van der Waals surface area contributed by atoms with Crippen molar-refractivity contribution in [2.75, 3.05) is 5.73 Å². The van der Waals surface area contributed by atoms with Gasteiger partial charge in [-0.3, -0.25) is 0 Å². The van der Waals surface area contributed by atoms with Gasteiger partial charge in [0.15, 0.2) is 5.65 Å². The fourth-order valence-electron chi connectivity index (χ4n) is 4.07. The summed E-state index contributed by atoms with van der Waals surface area (Å²) >= 11 is 0. The average Bonchev–Trinajstić information content (AvgIpc) is 3.29. The second-order valence-corrected chi connectivity index (χ2v) is 7.31. The lowest BCUT2D eigenvalue weighted by Gasteiger charge is -2.11. The SMILES string of the molecule is Nc1ncnc2c1c(-c1ccc(O)c(C(F)(F)F)c1)nn2C1Cc2ccccc2C1. The number of aromatic nitrogens is 4. The van der Waals surface area contributed by atoms with Crippen LogP contribution in [0.5, 0.6) is 5.75 Å². The number of rotatable bonds is 2. The van der Waals surface area contributed by atoms with Gasteiger partial charge >= 0.3 is 6.18 Å². The van der Waals surface area contributed by atoms with Gasteiger partial charge in [0.05, 0.1) is 17.0 Å². The predicted molar refractivity (Wildman–Crippen MR) is 105 cm³/mol. The topological polar surface area (TPSA) is 89.8 Å². The molecular formula is C21H16F3N5O. The molecule has 2 heterocycles. The van der Waals surface area contributed by atoms with E-state index in [4.69, 9.17) is 5.73 Å². The second-order valence-electron chi connectivity index (χ2n) is 7.31. The van der Waals surface area contributed by atoms with Gasteiger partial charge in [0, 0.05) is 5.56 Å². The molecule has 4 aromatic rings. The molecule has 0 radical (unpaired) electrons. The molecule has 30 heavy (non-hydrogen) atoms. The van der Waals surface area contributed by atoms with Gasteiger partial charge in [-0.1, -0.05) is 24.3 Å². The molecule has 0 atom stereocenters. The molecule has 5 rings (SSSR count). The summed E-state index contributed by atoms with van der Waals surface area (Å²) in [6.45, 7) is 0. The molecule has 0 aliphatic heterocycles. The van der Waals surface area contributed by atoms with Crippen molar-refractivity contribution in [1.29, 1.82) is 0 Å². The van der Waals surface area contributed by atoms with Crippen LogP contribution in [0.2, 0.25) is 0 Å². The minimum absolute atomic E-state index is 0.0350. The molecule has 152 valence electrons. The number of hydrogen-bond acceptors (Lipinski definition) is 5. The lowest BCUT2D eigenvalue weighted by molar-refractivity contribution is -0.138. The maximum Gasteiger partial charge on any atom is 0.419 e. The molecule has 9 heteroatoms. The number of nitrogens with zero attached hydrogens (tertiary/aromatic N) is 4. The van der Waals surface area contributed by atoms with Crippen LogP contribution in [0.4, 0.5) is 19.0 Å². The van der Waals surface area contributed by atoms with E-state index in [9.17, 15) is 18.3 Å². The van der Waals surface area contributed by atoms with Crippen LogP contribution in [-0.2, 0) is 19.0 Å². The molecule has 0 bridgehead atoms. The third kappa shape index (κ3) is 2.85. The molecule has 0 amide bonds. The highest BCUT2D eigenvalue weighted by atomic mass is 19.4. The van der Waals surface area contributed by atoms with E-state index in [0.717, 1.165) is 25.0 Å². The number of phenolic OH excluding ortho intramolecular Hbond substituents is 1. The van der Waals surface area contributed by atoms with Gasteiger partial charge in [-0.25, -0.2) is 14.6 Å². The van der Waals surface area contributed by atoms with E-state index < -0.39 is 17.5 Å². The van der Waals surface area contributed by atoms with Crippen LogP contribution in [0.25, 0.3) is 22.3 Å². The van der Waals surface area contributed by atoms with Crippen molar-refractivity contribution < 1.29 is 18.3 Å². The van der Waals surface area contributed by atoms with Crippen molar-refractivity contribution in [3.63, 3.8) is 0 Å². The number of nitrogens with two attached hydrogens (primary N) is 1. The third-order valence-electron chi connectivity index (χ3n) is 5.47. The first-order chi connectivity index (χ1) is 14.3. The van der Waals surface area contributed by atoms with Gasteiger partial charge < -0.3 is 10.8 Å². The zero-order valence-electron chi connectivity index (χ0n) is 15.6. The highest BCUT2D eigenvalue weighted by Crippen LogP contribution is 2.41. The van der Waals surface area contributed by atoms with Crippen molar-refractivity contribution in [2.45, 2.75) is 25.1 Å². The first-order valence-electron chi connectivity index (χ1n) is 9.29. The Morgan fingerprint density at radius 1 is 1.03 bits per heavy atom. The minimum Gasteiger partial charge on any atom is -0.507 e. The maximum atomic E-state index is 13.3. The number of fused-ring (bicyclic) bond motifs is 2. The standard InChI is InChI=1S/C21H16F3N5O/c22-21(23,24)15-9-13(5-6-16(15)30)18-17-19(25)26-10-27-20(17)29(28-18)14-7-11-3-1-2-4-12(11)8-14/h1-6,9-10,14,30H,7-8H2,(H2,25,26,27). The molecule has 3 N–H and O–H groups in total. The molecular weight excluding hydrogens is 395 g/mol. The average molecular weight is 411 g/mol. The van der Waals surface area contributed by atoms with E-state index in [1.807, 2.05) is 12.1 Å². The molecule has 2 aromatic heterocycles. The molecule has 0 saturated heterocycles. The Morgan fingerprint density at radius 3 is 2.40 bits per heavy atom. The summed E-state index contributed by atoms with van der Waals surface area (Å²) < 4.78 is 41.6. The Bertz CT molecular complexity index is 1260. The fraction of sp³-hybridized carbons (Fsp3) is 0.190. The van der Waals surface area contributed by atoms with Crippen LogP contribution in [0.3, 0.4) is 0 Å². The third-order valence-corrected chi connectivity index (χ3v) is 5.47. The van der Waals surface area contributed by atoms with Crippen molar-refractivity contribution in [1.82, 2.24) is 19.7 Å². The lowest BCUT2D eigenvalue weighted by Crippen LogP contribution is -2.11. The normalized spacial score (nSPS) is 14.4. The number of alkyl halides is 3. The summed E-state index contributed by atoms with van der Waals surface area (Å²) in [6, 6.07) is 11.3. The van der Waals surface area contributed by atoms with Crippen LogP contribution >= 0.6 is 0 Å². The van der Waals surface area contributed by atoms with Crippen LogP contribution in [-0.4, -0.2) is 24.9 Å². The minimum atomic E-state index is -4.70. The van der Waals surface area contributed by atoms with Crippen molar-refractivity contribution in [3.05, 3.63) is 65.5 Å². The van der Waals surface area contributed by atoms with Gasteiger partial charge in [0.1, 0.15) is 23.6 Å². The van der Waals surface area contributed by atoms with Crippen LogP contribution in [0.15, 0.2) is 48.8 Å². The molecule has 0 unspecified atom stereocenters. The summed E-state index contributed by atoms with van der Waals surface area (Å²) in [4.78, 5) is 8.33. The van der Waals surface area contributed by atoms with Crippen LogP contribution in [0.1, 0.15) is 22.7 Å². The molecule has 0 saturated carbocycles. The highest BCUT2D eigenvalue weighted by Gasteiger charge is 2.35. The van der Waals surface area contributed by atoms with E-state index in [-0.39, 0.29) is 23.1 Å². The lowest BCUT2D eigenvalue weighted by atomic mass is 10.0. The Morgan fingerprint density at radius 2 is 1.73 bits per heavy atom. The Kier molecular flexibility index (Phi) is 3.96. The molecule has 6 nitrogen and oxygen atoms in total. The van der Waals surface area contributed by atoms with Crippen LogP contribution in [0, 0.1) is 0 Å². The van der Waals surface area contributed by atoms with Gasteiger partial charge in [-0.15, -0.1) is 0 Å². The molecule has 1 aliphatic rings. The number of hydrogen-bond donors (Lipinski definition) is 2. The van der Waals surface area contributed by atoms with E-state index >= 15 is 0 Å². The second kappa shape index (κ2) is 6.45. The van der Waals surface area contributed by atoms with Gasteiger partial charge in [-0.05, 0) is 42.2 Å². The van der Waals surface area contributed by atoms with E-state index in [0.29, 0.717) is 11.0 Å². The monoisotopic (exact) mass is 411 g/mol. The van der Waals surface area contributed by atoms with E-state index in [1.165, 1.54) is 23.5 Å². The Labute approximate surface area is 168 Å². The quantitative estimate of drug-likeness (QED) is 0.518. The number of phenols is 1. The number of nitrogen functional groups attached to an aromatic ring is 1. The first-order valence-corrected chi connectivity index (χ1v) is 9.29. The number of benzene rings is 2. The zero-order chi connectivity index (χ0) is 21.0.